The quantitative estimate of drug-likeness (QED) is 0.744. The molecular formula is C16H12ClF2NO. The average Bonchev–Trinajstić information content (AvgIpc) is 2.89. The van der Waals surface area contributed by atoms with Crippen LogP contribution >= 0.6 is 11.6 Å². The van der Waals surface area contributed by atoms with Crippen LogP contribution in [0.4, 0.5) is 8.78 Å². The molecule has 3 aromatic rings. The summed E-state index contributed by atoms with van der Waals surface area (Å²) in [4.78, 5) is 0. The molecule has 1 unspecified atom stereocenters. The molecule has 0 saturated heterocycles. The number of halogens is 3. The van der Waals surface area contributed by atoms with E-state index in [1.54, 1.807) is 31.2 Å². The van der Waals surface area contributed by atoms with Crippen molar-refractivity contribution < 1.29 is 13.2 Å². The van der Waals surface area contributed by atoms with Gasteiger partial charge in [0.2, 0.25) is 0 Å². The van der Waals surface area contributed by atoms with Gasteiger partial charge < -0.3 is 10.2 Å². The second-order valence-corrected chi connectivity index (χ2v) is 5.28. The molecule has 0 amide bonds. The molecule has 0 aliphatic rings. The summed E-state index contributed by atoms with van der Waals surface area (Å²) in [7, 11) is 0. The standard InChI is InChI=1S/C16H12ClF2NO/c1-8-5-6-11(18)13(14(8)19)15(20)12-7-9-3-2-4-10(17)16(9)21-12/h2-7,15H,20H2,1H3. The van der Waals surface area contributed by atoms with Crippen LogP contribution in [-0.4, -0.2) is 0 Å². The maximum atomic E-state index is 14.1. The minimum absolute atomic E-state index is 0.204. The molecule has 0 saturated carbocycles. The summed E-state index contributed by atoms with van der Waals surface area (Å²) in [6, 6.07) is 8.42. The first kappa shape index (κ1) is 14.0. The number of furan rings is 1. The molecule has 1 heterocycles. The number of hydrogen-bond acceptors (Lipinski definition) is 2. The van der Waals surface area contributed by atoms with Crippen LogP contribution in [0.5, 0.6) is 0 Å². The lowest BCUT2D eigenvalue weighted by Gasteiger charge is -2.12. The fourth-order valence-corrected chi connectivity index (χ4v) is 2.53. The predicted octanol–water partition coefficient (Wildman–Crippen LogP) is 4.72. The number of rotatable bonds is 2. The molecular weight excluding hydrogens is 296 g/mol. The number of hydrogen-bond donors (Lipinski definition) is 1. The van der Waals surface area contributed by atoms with Gasteiger partial charge in [-0.1, -0.05) is 29.8 Å². The van der Waals surface area contributed by atoms with Gasteiger partial charge in [0.1, 0.15) is 17.4 Å². The van der Waals surface area contributed by atoms with E-state index in [2.05, 4.69) is 0 Å². The highest BCUT2D eigenvalue weighted by Crippen LogP contribution is 2.33. The Balaban J connectivity index is 2.15. The SMILES string of the molecule is Cc1ccc(F)c(C(N)c2cc3cccc(Cl)c3o2)c1F. The van der Waals surface area contributed by atoms with Crippen LogP contribution in [-0.2, 0) is 0 Å². The molecule has 0 aliphatic heterocycles. The van der Waals surface area contributed by atoms with Crippen molar-refractivity contribution >= 4 is 22.6 Å². The van der Waals surface area contributed by atoms with Gasteiger partial charge in [-0.05, 0) is 30.7 Å². The molecule has 0 radical (unpaired) electrons. The van der Waals surface area contributed by atoms with E-state index >= 15 is 0 Å². The molecule has 108 valence electrons. The van der Waals surface area contributed by atoms with E-state index in [0.29, 0.717) is 16.2 Å². The first-order valence-corrected chi connectivity index (χ1v) is 6.75. The first-order chi connectivity index (χ1) is 9.99. The Morgan fingerprint density at radius 2 is 1.95 bits per heavy atom. The van der Waals surface area contributed by atoms with Crippen LogP contribution in [0.2, 0.25) is 5.02 Å². The molecule has 2 nitrogen and oxygen atoms in total. The predicted molar refractivity (Wildman–Crippen MR) is 78.3 cm³/mol. The summed E-state index contributed by atoms with van der Waals surface area (Å²) in [5.41, 5.74) is 6.57. The molecule has 0 spiro atoms. The van der Waals surface area contributed by atoms with Gasteiger partial charge >= 0.3 is 0 Å². The average molecular weight is 308 g/mol. The number of para-hydroxylation sites is 1. The highest BCUT2D eigenvalue weighted by atomic mass is 35.5. The topological polar surface area (TPSA) is 39.2 Å². The van der Waals surface area contributed by atoms with Gasteiger partial charge in [-0.15, -0.1) is 0 Å². The third-order valence-electron chi connectivity index (χ3n) is 3.45. The van der Waals surface area contributed by atoms with Crippen LogP contribution in [0.3, 0.4) is 0 Å². The van der Waals surface area contributed by atoms with Crippen LogP contribution in [0, 0.1) is 18.6 Å². The van der Waals surface area contributed by atoms with Gasteiger partial charge in [0, 0.05) is 10.9 Å². The third-order valence-corrected chi connectivity index (χ3v) is 3.75. The monoisotopic (exact) mass is 307 g/mol. The van der Waals surface area contributed by atoms with Crippen LogP contribution < -0.4 is 5.73 Å². The zero-order valence-corrected chi connectivity index (χ0v) is 11.9. The van der Waals surface area contributed by atoms with E-state index in [-0.39, 0.29) is 11.3 Å². The van der Waals surface area contributed by atoms with Gasteiger partial charge in [0.25, 0.3) is 0 Å². The second-order valence-electron chi connectivity index (χ2n) is 4.88. The van der Waals surface area contributed by atoms with Gasteiger partial charge in [0.05, 0.1) is 11.1 Å². The van der Waals surface area contributed by atoms with Gasteiger partial charge in [-0.25, -0.2) is 8.78 Å². The lowest BCUT2D eigenvalue weighted by atomic mass is 10.0. The molecule has 5 heteroatoms. The molecule has 0 bridgehead atoms. The Kier molecular flexibility index (Phi) is 3.43. The summed E-state index contributed by atoms with van der Waals surface area (Å²) >= 11 is 6.03. The fraction of sp³-hybridized carbons (Fsp3) is 0.125. The highest BCUT2D eigenvalue weighted by molar-refractivity contribution is 6.34. The maximum absolute atomic E-state index is 14.1. The zero-order chi connectivity index (χ0) is 15.1. The molecule has 21 heavy (non-hydrogen) atoms. The Morgan fingerprint density at radius 3 is 2.67 bits per heavy atom. The van der Waals surface area contributed by atoms with Gasteiger partial charge in [0.15, 0.2) is 5.58 Å². The van der Waals surface area contributed by atoms with E-state index in [4.69, 9.17) is 21.8 Å². The van der Waals surface area contributed by atoms with Crippen molar-refractivity contribution in [3.8, 4) is 0 Å². The fourth-order valence-electron chi connectivity index (χ4n) is 2.31. The van der Waals surface area contributed by atoms with E-state index < -0.39 is 17.7 Å². The van der Waals surface area contributed by atoms with E-state index in [1.165, 1.54) is 12.1 Å². The number of benzene rings is 2. The van der Waals surface area contributed by atoms with E-state index in [0.717, 1.165) is 5.39 Å². The summed E-state index contributed by atoms with van der Waals surface area (Å²) in [5, 5.41) is 1.16. The van der Waals surface area contributed by atoms with Crippen molar-refractivity contribution in [1.29, 1.82) is 0 Å². The van der Waals surface area contributed by atoms with Crippen molar-refractivity contribution in [2.24, 2.45) is 5.73 Å². The molecule has 1 atom stereocenters. The van der Waals surface area contributed by atoms with E-state index in [9.17, 15) is 8.78 Å². The van der Waals surface area contributed by atoms with Crippen LogP contribution in [0.1, 0.15) is 22.9 Å². The van der Waals surface area contributed by atoms with Crippen molar-refractivity contribution in [2.75, 3.05) is 0 Å². The molecule has 0 aliphatic carbocycles. The van der Waals surface area contributed by atoms with Crippen LogP contribution in [0.15, 0.2) is 40.8 Å². The summed E-state index contributed by atoms with van der Waals surface area (Å²) in [6.45, 7) is 1.56. The summed E-state index contributed by atoms with van der Waals surface area (Å²) in [5.74, 6) is -1.09. The van der Waals surface area contributed by atoms with Crippen molar-refractivity contribution in [1.82, 2.24) is 0 Å². The van der Waals surface area contributed by atoms with Crippen LogP contribution in [0.25, 0.3) is 11.0 Å². The third kappa shape index (κ3) is 2.30. The molecule has 0 fully saturated rings. The normalized spacial score (nSPS) is 12.8. The largest absolute Gasteiger partial charge is 0.457 e. The van der Waals surface area contributed by atoms with Crippen molar-refractivity contribution in [2.45, 2.75) is 13.0 Å². The minimum atomic E-state index is -1.03. The lowest BCUT2D eigenvalue weighted by molar-refractivity contribution is 0.485. The Labute approximate surface area is 125 Å². The summed E-state index contributed by atoms with van der Waals surface area (Å²) in [6.07, 6.45) is 0. The Morgan fingerprint density at radius 1 is 1.19 bits per heavy atom. The molecule has 3 rings (SSSR count). The maximum Gasteiger partial charge on any atom is 0.152 e. The highest BCUT2D eigenvalue weighted by Gasteiger charge is 2.23. The van der Waals surface area contributed by atoms with Crippen molar-refractivity contribution in [3.05, 3.63) is 69.9 Å². The van der Waals surface area contributed by atoms with E-state index in [1.807, 2.05) is 0 Å². The Bertz CT molecular complexity index is 829. The lowest BCUT2D eigenvalue weighted by Crippen LogP contribution is -2.15. The number of nitrogens with two attached hydrogens (primary N) is 1. The first-order valence-electron chi connectivity index (χ1n) is 6.37. The summed E-state index contributed by atoms with van der Waals surface area (Å²) < 4.78 is 33.6. The smallest absolute Gasteiger partial charge is 0.152 e. The number of aryl methyl sites for hydroxylation is 1. The molecule has 2 aromatic carbocycles. The zero-order valence-electron chi connectivity index (χ0n) is 11.2. The molecule has 1 aromatic heterocycles. The second kappa shape index (κ2) is 5.13. The van der Waals surface area contributed by atoms with Crippen molar-refractivity contribution in [3.63, 3.8) is 0 Å². The molecule has 2 N–H and O–H groups in total. The Hall–Kier alpha value is -1.91. The minimum Gasteiger partial charge on any atom is -0.457 e. The van der Waals surface area contributed by atoms with Gasteiger partial charge in [-0.3, -0.25) is 0 Å². The number of fused-ring (bicyclic) bond motifs is 1. The van der Waals surface area contributed by atoms with Gasteiger partial charge in [-0.2, -0.15) is 0 Å².